The largest absolute Gasteiger partial charge is 0.472 e. The number of nitrogens with two attached hydrogens (primary N) is 1. The van der Waals surface area contributed by atoms with Crippen LogP contribution in [0.15, 0.2) is 12.4 Å². The molecule has 0 aromatic carbocycles. The summed E-state index contributed by atoms with van der Waals surface area (Å²) in [7, 11) is 0. The second-order valence-electron chi connectivity index (χ2n) is 4.73. The van der Waals surface area contributed by atoms with E-state index in [2.05, 4.69) is 16.9 Å². The van der Waals surface area contributed by atoms with Gasteiger partial charge in [0.25, 0.3) is 0 Å². The zero-order valence-corrected chi connectivity index (χ0v) is 10.7. The Morgan fingerprint density at radius 1 is 1.39 bits per heavy atom. The Hall–Kier alpha value is -1.65. The molecule has 2 atom stereocenters. The van der Waals surface area contributed by atoms with E-state index in [1.807, 2.05) is 0 Å². The number of rotatable bonds is 4. The molecule has 1 aliphatic carbocycles. The first-order valence-corrected chi connectivity index (χ1v) is 6.54. The van der Waals surface area contributed by atoms with Crippen LogP contribution in [0, 0.1) is 11.3 Å². The highest BCUT2D eigenvalue weighted by atomic mass is 16.5. The predicted molar refractivity (Wildman–Crippen MR) is 69.7 cm³/mol. The van der Waals surface area contributed by atoms with Gasteiger partial charge >= 0.3 is 0 Å². The molecular weight excluding hydrogens is 228 g/mol. The Morgan fingerprint density at radius 3 is 2.83 bits per heavy atom. The first kappa shape index (κ1) is 12.8. The Balaban J connectivity index is 2.15. The van der Waals surface area contributed by atoms with Crippen LogP contribution in [0.5, 0.6) is 5.88 Å². The lowest BCUT2D eigenvalue weighted by molar-refractivity contribution is 0.0852. The van der Waals surface area contributed by atoms with Gasteiger partial charge in [-0.3, -0.25) is 5.41 Å². The van der Waals surface area contributed by atoms with Crippen LogP contribution in [0.1, 0.15) is 44.7 Å². The van der Waals surface area contributed by atoms with Crippen molar-refractivity contribution in [3.8, 4) is 5.88 Å². The number of amidine groups is 1. The van der Waals surface area contributed by atoms with Gasteiger partial charge in [0.1, 0.15) is 11.9 Å². The monoisotopic (exact) mass is 248 g/mol. The van der Waals surface area contributed by atoms with Gasteiger partial charge in [0.05, 0.1) is 0 Å². The van der Waals surface area contributed by atoms with Gasteiger partial charge in [0.15, 0.2) is 5.69 Å². The lowest BCUT2D eigenvalue weighted by Gasteiger charge is -2.31. The number of aromatic nitrogens is 2. The molecule has 1 aliphatic rings. The van der Waals surface area contributed by atoms with Gasteiger partial charge in [-0.25, -0.2) is 9.97 Å². The van der Waals surface area contributed by atoms with Crippen LogP contribution in [0.25, 0.3) is 0 Å². The van der Waals surface area contributed by atoms with E-state index in [1.165, 1.54) is 25.5 Å². The van der Waals surface area contributed by atoms with Gasteiger partial charge < -0.3 is 10.5 Å². The third kappa shape index (κ3) is 2.78. The van der Waals surface area contributed by atoms with E-state index in [0.717, 1.165) is 12.8 Å². The molecule has 1 fully saturated rings. The summed E-state index contributed by atoms with van der Waals surface area (Å²) < 4.78 is 5.96. The SMILES string of the molecule is CCC1CCCCC1Oc1nccnc1C(=N)N. The number of nitrogens with zero attached hydrogens (tertiary/aromatic N) is 2. The highest BCUT2D eigenvalue weighted by Gasteiger charge is 2.26. The Kier molecular flexibility index (Phi) is 4.12. The molecule has 0 radical (unpaired) electrons. The lowest BCUT2D eigenvalue weighted by Crippen LogP contribution is -2.31. The molecule has 0 saturated heterocycles. The average Bonchev–Trinajstić information content (AvgIpc) is 2.40. The molecule has 1 saturated carbocycles. The molecular formula is C13H20N4O. The van der Waals surface area contributed by atoms with Crippen molar-refractivity contribution in [1.82, 2.24) is 9.97 Å². The molecule has 5 nitrogen and oxygen atoms in total. The molecule has 2 rings (SSSR count). The smallest absolute Gasteiger partial charge is 0.244 e. The standard InChI is InChI=1S/C13H20N4O/c1-2-9-5-3-4-6-10(9)18-13-11(12(14)15)16-7-8-17-13/h7-10H,2-6H2,1H3,(H3,14,15). The fraction of sp³-hybridized carbons (Fsp3) is 0.615. The zero-order chi connectivity index (χ0) is 13.0. The normalized spacial score (nSPS) is 23.6. The molecule has 0 bridgehead atoms. The van der Waals surface area contributed by atoms with Crippen molar-refractivity contribution >= 4 is 5.84 Å². The van der Waals surface area contributed by atoms with Crippen LogP contribution in [0.2, 0.25) is 0 Å². The van der Waals surface area contributed by atoms with Gasteiger partial charge in [-0.15, -0.1) is 0 Å². The molecule has 1 aromatic heterocycles. The minimum Gasteiger partial charge on any atom is -0.472 e. The van der Waals surface area contributed by atoms with Crippen molar-refractivity contribution in [2.45, 2.75) is 45.1 Å². The van der Waals surface area contributed by atoms with Gasteiger partial charge in [-0.2, -0.15) is 0 Å². The van der Waals surface area contributed by atoms with Gasteiger partial charge in [-0.05, 0) is 31.6 Å². The quantitative estimate of drug-likeness (QED) is 0.631. The van der Waals surface area contributed by atoms with E-state index < -0.39 is 0 Å². The zero-order valence-electron chi connectivity index (χ0n) is 10.7. The summed E-state index contributed by atoms with van der Waals surface area (Å²) in [6.07, 6.45) is 9.12. The van der Waals surface area contributed by atoms with E-state index in [1.54, 1.807) is 6.20 Å². The number of nitrogen functional groups attached to an aromatic ring is 1. The summed E-state index contributed by atoms with van der Waals surface area (Å²) in [5.41, 5.74) is 5.83. The lowest BCUT2D eigenvalue weighted by atomic mass is 9.85. The maximum atomic E-state index is 7.48. The molecule has 0 amide bonds. The van der Waals surface area contributed by atoms with E-state index in [0.29, 0.717) is 17.5 Å². The Bertz CT molecular complexity index is 421. The van der Waals surface area contributed by atoms with E-state index in [-0.39, 0.29) is 11.9 Å². The van der Waals surface area contributed by atoms with Crippen molar-refractivity contribution < 1.29 is 4.74 Å². The van der Waals surface area contributed by atoms with Crippen LogP contribution in [0.3, 0.4) is 0 Å². The van der Waals surface area contributed by atoms with Crippen molar-refractivity contribution in [3.63, 3.8) is 0 Å². The fourth-order valence-corrected chi connectivity index (χ4v) is 2.54. The minimum atomic E-state index is -0.0954. The average molecular weight is 248 g/mol. The van der Waals surface area contributed by atoms with Crippen LogP contribution in [0.4, 0.5) is 0 Å². The number of ether oxygens (including phenoxy) is 1. The molecule has 0 spiro atoms. The number of hydrogen-bond acceptors (Lipinski definition) is 4. The second-order valence-corrected chi connectivity index (χ2v) is 4.73. The molecule has 18 heavy (non-hydrogen) atoms. The maximum Gasteiger partial charge on any atom is 0.244 e. The van der Waals surface area contributed by atoms with Crippen LogP contribution < -0.4 is 10.5 Å². The topological polar surface area (TPSA) is 84.9 Å². The molecule has 5 heteroatoms. The van der Waals surface area contributed by atoms with Crippen molar-refractivity contribution in [3.05, 3.63) is 18.1 Å². The minimum absolute atomic E-state index is 0.0954. The molecule has 98 valence electrons. The maximum absolute atomic E-state index is 7.48. The van der Waals surface area contributed by atoms with Crippen LogP contribution in [-0.4, -0.2) is 21.9 Å². The Morgan fingerprint density at radius 2 is 2.11 bits per heavy atom. The van der Waals surface area contributed by atoms with Gasteiger partial charge in [0, 0.05) is 12.4 Å². The Labute approximate surface area is 107 Å². The van der Waals surface area contributed by atoms with Crippen LogP contribution in [-0.2, 0) is 0 Å². The summed E-state index contributed by atoms with van der Waals surface area (Å²) in [6.45, 7) is 2.19. The van der Waals surface area contributed by atoms with Crippen molar-refractivity contribution in [2.75, 3.05) is 0 Å². The van der Waals surface area contributed by atoms with Gasteiger partial charge in [-0.1, -0.05) is 13.3 Å². The summed E-state index contributed by atoms with van der Waals surface area (Å²) >= 11 is 0. The van der Waals surface area contributed by atoms with E-state index >= 15 is 0 Å². The third-order valence-corrected chi connectivity index (χ3v) is 3.55. The van der Waals surface area contributed by atoms with Crippen LogP contribution >= 0.6 is 0 Å². The van der Waals surface area contributed by atoms with E-state index in [9.17, 15) is 0 Å². The van der Waals surface area contributed by atoms with Crippen molar-refractivity contribution in [1.29, 1.82) is 5.41 Å². The molecule has 3 N–H and O–H groups in total. The second kappa shape index (κ2) is 5.80. The highest BCUT2D eigenvalue weighted by molar-refractivity contribution is 5.94. The van der Waals surface area contributed by atoms with E-state index in [4.69, 9.17) is 15.9 Å². The fourth-order valence-electron chi connectivity index (χ4n) is 2.54. The first-order chi connectivity index (χ1) is 8.72. The third-order valence-electron chi connectivity index (χ3n) is 3.55. The summed E-state index contributed by atoms with van der Waals surface area (Å²) in [5, 5.41) is 7.48. The molecule has 2 unspecified atom stereocenters. The number of hydrogen-bond donors (Lipinski definition) is 2. The highest BCUT2D eigenvalue weighted by Crippen LogP contribution is 2.30. The summed E-state index contributed by atoms with van der Waals surface area (Å²) in [5.74, 6) is 0.873. The van der Waals surface area contributed by atoms with Gasteiger partial charge in [0.2, 0.25) is 5.88 Å². The van der Waals surface area contributed by atoms with Crippen molar-refractivity contribution in [2.24, 2.45) is 11.7 Å². The first-order valence-electron chi connectivity index (χ1n) is 6.54. The molecule has 0 aliphatic heterocycles. The predicted octanol–water partition coefficient (Wildman–Crippen LogP) is 2.11. The molecule has 1 heterocycles. The number of nitrogens with one attached hydrogen (secondary N) is 1. The summed E-state index contributed by atoms with van der Waals surface area (Å²) in [4.78, 5) is 8.21. The molecule has 1 aromatic rings. The summed E-state index contributed by atoms with van der Waals surface area (Å²) in [6, 6.07) is 0.